The van der Waals surface area contributed by atoms with Crippen molar-refractivity contribution in [3.8, 4) is 22.4 Å². The maximum Gasteiger partial charge on any atom is 0.252 e. The van der Waals surface area contributed by atoms with E-state index < -0.39 is 5.82 Å². The highest BCUT2D eigenvalue weighted by Gasteiger charge is 2.28. The maximum atomic E-state index is 14.5. The van der Waals surface area contributed by atoms with Crippen molar-refractivity contribution in [3.05, 3.63) is 89.0 Å². The van der Waals surface area contributed by atoms with Gasteiger partial charge in [0.05, 0.1) is 16.8 Å². The predicted molar refractivity (Wildman–Crippen MR) is 142 cm³/mol. The molecule has 1 aliphatic carbocycles. The SMILES string of the molecule is CCCCCCNC(=O)c1c2c(nc3ccc(F)cc13)-c1ccc(-c3ccccc3F)cc1C(=O)CC2. The van der Waals surface area contributed by atoms with E-state index >= 15 is 0 Å². The van der Waals surface area contributed by atoms with Crippen LogP contribution in [0.15, 0.2) is 60.7 Å². The van der Waals surface area contributed by atoms with Gasteiger partial charge in [-0.1, -0.05) is 56.5 Å². The Bertz CT molecular complexity index is 1510. The molecule has 1 heterocycles. The Morgan fingerprint density at radius 1 is 0.919 bits per heavy atom. The minimum atomic E-state index is -0.453. The van der Waals surface area contributed by atoms with Crippen molar-refractivity contribution < 1.29 is 18.4 Å². The number of unbranched alkanes of at least 4 members (excludes halogenated alkanes) is 3. The molecule has 1 aliphatic rings. The van der Waals surface area contributed by atoms with Crippen molar-refractivity contribution >= 4 is 22.6 Å². The molecule has 188 valence electrons. The molecular formula is C31H28F2N2O2. The minimum absolute atomic E-state index is 0.104. The van der Waals surface area contributed by atoms with Crippen LogP contribution in [0, 0.1) is 11.6 Å². The number of rotatable bonds is 7. The molecule has 0 bridgehead atoms. The summed E-state index contributed by atoms with van der Waals surface area (Å²) in [6.07, 6.45) is 4.55. The largest absolute Gasteiger partial charge is 0.352 e. The molecule has 0 saturated carbocycles. The summed E-state index contributed by atoms with van der Waals surface area (Å²) in [6.45, 7) is 2.65. The zero-order chi connectivity index (χ0) is 25.9. The van der Waals surface area contributed by atoms with E-state index in [2.05, 4.69) is 12.2 Å². The van der Waals surface area contributed by atoms with Crippen molar-refractivity contribution in [2.45, 2.75) is 45.4 Å². The van der Waals surface area contributed by atoms with Gasteiger partial charge in [-0.15, -0.1) is 0 Å². The van der Waals surface area contributed by atoms with E-state index in [0.29, 0.717) is 62.9 Å². The van der Waals surface area contributed by atoms with Gasteiger partial charge in [0.25, 0.3) is 5.91 Å². The van der Waals surface area contributed by atoms with Gasteiger partial charge in [0, 0.05) is 35.0 Å². The molecule has 6 heteroatoms. The normalized spacial score (nSPS) is 12.7. The third-order valence-corrected chi connectivity index (χ3v) is 6.95. The molecule has 4 nitrogen and oxygen atoms in total. The molecule has 1 amide bonds. The molecule has 1 N–H and O–H groups in total. The Morgan fingerprint density at radius 2 is 1.76 bits per heavy atom. The summed E-state index contributed by atoms with van der Waals surface area (Å²) < 4.78 is 28.7. The second-order valence-corrected chi connectivity index (χ2v) is 9.46. The van der Waals surface area contributed by atoms with E-state index in [-0.39, 0.29) is 23.9 Å². The summed E-state index contributed by atoms with van der Waals surface area (Å²) in [6, 6.07) is 15.9. The monoisotopic (exact) mass is 498 g/mol. The van der Waals surface area contributed by atoms with Crippen molar-refractivity contribution in [2.75, 3.05) is 6.54 Å². The Hall–Kier alpha value is -3.93. The van der Waals surface area contributed by atoms with E-state index in [1.807, 2.05) is 0 Å². The number of hydrogen-bond acceptors (Lipinski definition) is 3. The van der Waals surface area contributed by atoms with Gasteiger partial charge in [0.1, 0.15) is 11.6 Å². The molecule has 0 fully saturated rings. The molecule has 1 aromatic heterocycles. The smallest absolute Gasteiger partial charge is 0.252 e. The van der Waals surface area contributed by atoms with Gasteiger partial charge in [0.15, 0.2) is 5.78 Å². The lowest BCUT2D eigenvalue weighted by Crippen LogP contribution is -2.26. The number of nitrogens with zero attached hydrogens (tertiary/aromatic N) is 1. The first-order chi connectivity index (χ1) is 18.0. The van der Waals surface area contributed by atoms with E-state index in [1.165, 1.54) is 18.2 Å². The number of hydrogen-bond donors (Lipinski definition) is 1. The molecule has 0 atom stereocenters. The lowest BCUT2D eigenvalue weighted by molar-refractivity contribution is 0.0948. The van der Waals surface area contributed by atoms with Gasteiger partial charge < -0.3 is 5.32 Å². The number of carbonyl (C=O) groups excluding carboxylic acids is 2. The Balaban J connectivity index is 1.64. The highest BCUT2D eigenvalue weighted by atomic mass is 19.1. The quantitative estimate of drug-likeness (QED) is 0.272. The lowest BCUT2D eigenvalue weighted by atomic mass is 9.92. The first-order valence-electron chi connectivity index (χ1n) is 12.8. The summed E-state index contributed by atoms with van der Waals surface area (Å²) in [4.78, 5) is 31.5. The zero-order valence-corrected chi connectivity index (χ0v) is 20.7. The van der Waals surface area contributed by atoms with Crippen LogP contribution >= 0.6 is 0 Å². The van der Waals surface area contributed by atoms with Crippen molar-refractivity contribution in [1.82, 2.24) is 10.3 Å². The number of pyridine rings is 1. The molecule has 0 saturated heterocycles. The average Bonchev–Trinajstić information content (AvgIpc) is 3.03. The second kappa shape index (κ2) is 10.6. The molecule has 3 aromatic carbocycles. The van der Waals surface area contributed by atoms with E-state index in [9.17, 15) is 18.4 Å². The molecule has 4 aromatic rings. The molecule has 0 radical (unpaired) electrons. The zero-order valence-electron chi connectivity index (χ0n) is 20.7. The number of halogens is 2. The van der Waals surface area contributed by atoms with Gasteiger partial charge >= 0.3 is 0 Å². The third kappa shape index (κ3) is 4.88. The lowest BCUT2D eigenvalue weighted by Gasteiger charge is -2.17. The Labute approximate surface area is 214 Å². The highest BCUT2D eigenvalue weighted by molar-refractivity contribution is 6.11. The van der Waals surface area contributed by atoms with Gasteiger partial charge in [-0.25, -0.2) is 13.8 Å². The van der Waals surface area contributed by atoms with Crippen LogP contribution in [0.3, 0.4) is 0 Å². The van der Waals surface area contributed by atoms with Crippen LogP contribution in [-0.2, 0) is 6.42 Å². The summed E-state index contributed by atoms with van der Waals surface area (Å²) in [5, 5.41) is 3.43. The number of carbonyl (C=O) groups is 2. The van der Waals surface area contributed by atoms with Gasteiger partial charge in [0.2, 0.25) is 0 Å². The molecule has 0 spiro atoms. The molecule has 0 aliphatic heterocycles. The topological polar surface area (TPSA) is 59.1 Å². The van der Waals surface area contributed by atoms with Crippen molar-refractivity contribution in [1.29, 1.82) is 0 Å². The van der Waals surface area contributed by atoms with Crippen LogP contribution < -0.4 is 5.32 Å². The van der Waals surface area contributed by atoms with Gasteiger partial charge in [-0.05, 0) is 54.3 Å². The first-order valence-corrected chi connectivity index (χ1v) is 12.8. The van der Waals surface area contributed by atoms with Crippen molar-refractivity contribution in [3.63, 3.8) is 0 Å². The molecular weight excluding hydrogens is 470 g/mol. The number of nitrogens with one attached hydrogen (secondary N) is 1. The Kier molecular flexibility index (Phi) is 7.08. The minimum Gasteiger partial charge on any atom is -0.352 e. The maximum absolute atomic E-state index is 14.5. The fourth-order valence-electron chi connectivity index (χ4n) is 5.06. The molecule has 5 rings (SSSR count). The van der Waals surface area contributed by atoms with Gasteiger partial charge in [-0.3, -0.25) is 9.59 Å². The van der Waals surface area contributed by atoms with Crippen LogP contribution in [0.1, 0.15) is 65.3 Å². The number of aromatic nitrogens is 1. The van der Waals surface area contributed by atoms with Crippen LogP contribution in [-0.4, -0.2) is 23.2 Å². The number of amides is 1. The summed E-state index contributed by atoms with van der Waals surface area (Å²) in [5.41, 5.74) is 4.07. The number of benzene rings is 3. The predicted octanol–water partition coefficient (Wildman–Crippen LogP) is 7.29. The first kappa shape index (κ1) is 24.8. The van der Waals surface area contributed by atoms with E-state index in [4.69, 9.17) is 4.98 Å². The van der Waals surface area contributed by atoms with Crippen LogP contribution in [0.4, 0.5) is 8.78 Å². The number of ketones is 1. The Morgan fingerprint density at radius 3 is 2.57 bits per heavy atom. The highest BCUT2D eigenvalue weighted by Crippen LogP contribution is 2.38. The van der Waals surface area contributed by atoms with Crippen LogP contribution in [0.2, 0.25) is 0 Å². The summed E-state index contributed by atoms with van der Waals surface area (Å²) in [7, 11) is 0. The fourth-order valence-corrected chi connectivity index (χ4v) is 5.06. The number of Topliss-reactive ketones (excluding diaryl/α,β-unsaturated/α-hetero) is 1. The average molecular weight is 499 g/mol. The number of fused-ring (bicyclic) bond motifs is 4. The van der Waals surface area contributed by atoms with Crippen LogP contribution in [0.25, 0.3) is 33.3 Å². The van der Waals surface area contributed by atoms with E-state index in [1.54, 1.807) is 42.5 Å². The van der Waals surface area contributed by atoms with Crippen molar-refractivity contribution in [2.24, 2.45) is 0 Å². The van der Waals surface area contributed by atoms with Crippen LogP contribution in [0.5, 0.6) is 0 Å². The van der Waals surface area contributed by atoms with E-state index in [0.717, 1.165) is 25.7 Å². The van der Waals surface area contributed by atoms with Gasteiger partial charge in [-0.2, -0.15) is 0 Å². The summed E-state index contributed by atoms with van der Waals surface area (Å²) in [5.74, 6) is -1.21. The standard InChI is InChI=1S/C31H28F2N2O2/c1-2-3-4-7-16-34-31(37)29-23-13-15-28(36)24-17-19(21-8-5-6-9-26(21)33)10-12-22(24)30(23)35-27-14-11-20(32)18-25(27)29/h5-6,8-12,14,17-18H,2-4,7,13,15-16H2,1H3,(H,34,37). The fraction of sp³-hybridized carbons (Fsp3) is 0.258. The second-order valence-electron chi connectivity index (χ2n) is 9.46. The summed E-state index contributed by atoms with van der Waals surface area (Å²) >= 11 is 0. The molecule has 0 unspecified atom stereocenters. The molecule has 37 heavy (non-hydrogen) atoms. The third-order valence-electron chi connectivity index (χ3n) is 6.95.